The van der Waals surface area contributed by atoms with Gasteiger partial charge in [0, 0.05) is 38.1 Å². The molecule has 0 aromatic carbocycles. The molecule has 1 N–H and O–H groups in total. The molecule has 1 atom stereocenters. The van der Waals surface area contributed by atoms with E-state index in [4.69, 9.17) is 0 Å². The summed E-state index contributed by atoms with van der Waals surface area (Å²) >= 11 is 0. The second-order valence-electron chi connectivity index (χ2n) is 7.45. The van der Waals surface area contributed by atoms with Crippen LogP contribution in [0.15, 0.2) is 36.8 Å². The number of aromatic nitrogens is 3. The number of pyridine rings is 1. The number of nitrogens with one attached hydrogen (secondary N) is 1. The van der Waals surface area contributed by atoms with Crippen molar-refractivity contribution in [1.82, 2.24) is 25.0 Å². The smallest absolute Gasteiger partial charge is 0.223 e. The van der Waals surface area contributed by atoms with Gasteiger partial charge < -0.3 is 10.2 Å². The lowest BCUT2D eigenvalue weighted by Crippen LogP contribution is -2.43. The van der Waals surface area contributed by atoms with E-state index in [9.17, 15) is 9.59 Å². The van der Waals surface area contributed by atoms with Crippen LogP contribution in [0.3, 0.4) is 0 Å². The van der Waals surface area contributed by atoms with Crippen molar-refractivity contribution in [2.75, 3.05) is 13.1 Å². The van der Waals surface area contributed by atoms with Crippen LogP contribution in [0.5, 0.6) is 0 Å². The van der Waals surface area contributed by atoms with Gasteiger partial charge >= 0.3 is 0 Å². The summed E-state index contributed by atoms with van der Waals surface area (Å²) in [4.78, 5) is 30.8. The Morgan fingerprint density at radius 2 is 2.00 bits per heavy atom. The Morgan fingerprint density at radius 3 is 2.74 bits per heavy atom. The van der Waals surface area contributed by atoms with Crippen LogP contribution in [-0.4, -0.2) is 44.6 Å². The maximum absolute atomic E-state index is 12.5. The minimum Gasteiger partial charge on any atom is -0.356 e. The maximum atomic E-state index is 12.5. The fourth-order valence-corrected chi connectivity index (χ4v) is 3.39. The molecule has 144 valence electrons. The van der Waals surface area contributed by atoms with Crippen molar-refractivity contribution in [3.63, 3.8) is 0 Å². The van der Waals surface area contributed by atoms with Crippen molar-refractivity contribution in [1.29, 1.82) is 0 Å². The zero-order valence-electron chi connectivity index (χ0n) is 16.0. The average Bonchev–Trinajstić information content (AvgIpc) is 3.11. The first-order valence-corrected chi connectivity index (χ1v) is 9.48. The summed E-state index contributed by atoms with van der Waals surface area (Å²) in [6.45, 7) is 5.75. The number of hydrogen-bond acceptors (Lipinski definition) is 4. The van der Waals surface area contributed by atoms with E-state index in [1.54, 1.807) is 18.6 Å². The molecule has 0 saturated heterocycles. The van der Waals surface area contributed by atoms with Crippen LogP contribution in [0.2, 0.25) is 0 Å². The predicted molar refractivity (Wildman–Crippen MR) is 102 cm³/mol. The van der Waals surface area contributed by atoms with Gasteiger partial charge in [0.15, 0.2) is 0 Å². The van der Waals surface area contributed by atoms with Gasteiger partial charge in [0.2, 0.25) is 11.8 Å². The van der Waals surface area contributed by atoms with Crippen molar-refractivity contribution in [3.05, 3.63) is 48.0 Å². The Labute approximate surface area is 159 Å². The maximum Gasteiger partial charge on any atom is 0.223 e. The second kappa shape index (κ2) is 8.79. The van der Waals surface area contributed by atoms with E-state index in [1.165, 1.54) is 0 Å². The number of carbonyl (C=O) groups excluding carboxylic acids is 2. The molecule has 0 bridgehead atoms. The highest BCUT2D eigenvalue weighted by Crippen LogP contribution is 2.24. The Hall–Kier alpha value is -2.70. The van der Waals surface area contributed by atoms with Crippen molar-refractivity contribution in [2.24, 2.45) is 5.92 Å². The number of fused-ring (bicyclic) bond motifs is 1. The molecule has 2 aromatic heterocycles. The van der Waals surface area contributed by atoms with E-state index in [0.717, 1.165) is 17.7 Å². The molecule has 7 nitrogen and oxygen atoms in total. The lowest BCUT2D eigenvalue weighted by molar-refractivity contribution is -0.135. The van der Waals surface area contributed by atoms with E-state index in [2.05, 4.69) is 15.4 Å². The first-order valence-electron chi connectivity index (χ1n) is 9.48. The van der Waals surface area contributed by atoms with E-state index in [0.29, 0.717) is 38.4 Å². The molecule has 0 radical (unpaired) electrons. The zero-order valence-corrected chi connectivity index (χ0v) is 16.0. The summed E-state index contributed by atoms with van der Waals surface area (Å²) in [5.41, 5.74) is 2.12. The van der Waals surface area contributed by atoms with Gasteiger partial charge in [-0.3, -0.25) is 19.3 Å². The monoisotopic (exact) mass is 369 g/mol. The lowest BCUT2D eigenvalue weighted by Gasteiger charge is -2.34. The van der Waals surface area contributed by atoms with Crippen molar-refractivity contribution < 1.29 is 9.59 Å². The second-order valence-corrected chi connectivity index (χ2v) is 7.45. The van der Waals surface area contributed by atoms with Gasteiger partial charge in [-0.2, -0.15) is 5.10 Å². The predicted octanol–water partition coefficient (Wildman–Crippen LogP) is 1.96. The quantitative estimate of drug-likeness (QED) is 0.809. The van der Waals surface area contributed by atoms with Crippen LogP contribution in [0.1, 0.15) is 44.0 Å². The topological polar surface area (TPSA) is 80.1 Å². The molecule has 1 aliphatic heterocycles. The highest BCUT2D eigenvalue weighted by atomic mass is 16.2. The summed E-state index contributed by atoms with van der Waals surface area (Å²) < 4.78 is 1.89. The van der Waals surface area contributed by atoms with Crippen LogP contribution in [0.4, 0.5) is 0 Å². The molecule has 0 unspecified atom stereocenters. The highest BCUT2D eigenvalue weighted by Gasteiger charge is 2.29. The van der Waals surface area contributed by atoms with E-state index in [1.807, 2.05) is 41.6 Å². The Balaban J connectivity index is 1.56. The van der Waals surface area contributed by atoms with Gasteiger partial charge in [-0.1, -0.05) is 13.8 Å². The van der Waals surface area contributed by atoms with Gasteiger partial charge in [0.05, 0.1) is 24.7 Å². The van der Waals surface area contributed by atoms with Gasteiger partial charge in [-0.15, -0.1) is 0 Å². The van der Waals surface area contributed by atoms with E-state index < -0.39 is 0 Å². The molecule has 2 amide bonds. The summed E-state index contributed by atoms with van der Waals surface area (Å²) in [6, 6.07) is 5.69. The Bertz CT molecular complexity index is 772. The van der Waals surface area contributed by atoms with E-state index in [-0.39, 0.29) is 17.9 Å². The first kappa shape index (κ1) is 19.1. The molecule has 1 aliphatic rings. The highest BCUT2D eigenvalue weighted by molar-refractivity contribution is 5.78. The zero-order chi connectivity index (χ0) is 19.2. The minimum atomic E-state index is -0.124. The van der Waals surface area contributed by atoms with Crippen LogP contribution in [-0.2, 0) is 22.6 Å². The van der Waals surface area contributed by atoms with Crippen LogP contribution in [0, 0.1) is 5.92 Å². The number of hydrogen-bond donors (Lipinski definition) is 1. The molecule has 0 aliphatic carbocycles. The van der Waals surface area contributed by atoms with Gasteiger partial charge in [-0.25, -0.2) is 0 Å². The van der Waals surface area contributed by atoms with Crippen molar-refractivity contribution >= 4 is 11.8 Å². The van der Waals surface area contributed by atoms with Crippen LogP contribution < -0.4 is 5.32 Å². The molecule has 0 fully saturated rings. The summed E-state index contributed by atoms with van der Waals surface area (Å²) in [5.74, 6) is 0.438. The van der Waals surface area contributed by atoms with Crippen molar-refractivity contribution in [3.8, 4) is 0 Å². The Kier molecular flexibility index (Phi) is 6.21. The molecule has 27 heavy (non-hydrogen) atoms. The summed E-state index contributed by atoms with van der Waals surface area (Å²) in [7, 11) is 0. The number of nitrogens with zero attached hydrogens (tertiary/aromatic N) is 4. The van der Waals surface area contributed by atoms with Gasteiger partial charge in [0.1, 0.15) is 0 Å². The van der Waals surface area contributed by atoms with E-state index >= 15 is 0 Å². The number of rotatable bonds is 7. The average molecular weight is 369 g/mol. The lowest BCUT2D eigenvalue weighted by atomic mass is 10.1. The normalized spacial score (nSPS) is 16.3. The molecule has 0 spiro atoms. The SMILES string of the molecule is CC(C)CC(=O)N1Cc2ccnn2[C@@H](CC(=O)NCCc2ccncc2)C1. The molecule has 3 rings (SSSR count). The van der Waals surface area contributed by atoms with Gasteiger partial charge in [-0.05, 0) is 36.1 Å². The molecule has 0 saturated carbocycles. The third kappa shape index (κ3) is 5.15. The molecule has 7 heteroatoms. The Morgan fingerprint density at radius 1 is 1.22 bits per heavy atom. The van der Waals surface area contributed by atoms with Gasteiger partial charge in [0.25, 0.3) is 0 Å². The fourth-order valence-electron chi connectivity index (χ4n) is 3.39. The molecule has 2 aromatic rings. The first-order chi connectivity index (χ1) is 13.0. The number of amides is 2. The van der Waals surface area contributed by atoms with Crippen molar-refractivity contribution in [2.45, 2.75) is 45.7 Å². The molecular weight excluding hydrogens is 342 g/mol. The third-order valence-corrected chi connectivity index (χ3v) is 4.72. The summed E-state index contributed by atoms with van der Waals surface area (Å²) in [5, 5.41) is 7.34. The summed E-state index contributed by atoms with van der Waals surface area (Å²) in [6.07, 6.45) is 6.85. The molecular formula is C20H27N5O2. The van der Waals surface area contributed by atoms with Crippen LogP contribution in [0.25, 0.3) is 0 Å². The third-order valence-electron chi connectivity index (χ3n) is 4.72. The van der Waals surface area contributed by atoms with Crippen LogP contribution >= 0.6 is 0 Å². The fraction of sp³-hybridized carbons (Fsp3) is 0.500. The standard InChI is InChI=1S/C20H27N5O2/c1-15(2)11-20(27)24-13-17-6-10-23-25(17)18(14-24)12-19(26)22-9-5-16-3-7-21-8-4-16/h3-4,6-8,10,15,18H,5,9,11-14H2,1-2H3,(H,22,26)/t18-/m0/s1. The largest absolute Gasteiger partial charge is 0.356 e. The number of carbonyl (C=O) groups is 2. The molecule has 3 heterocycles. The minimum absolute atomic E-state index is 0.0198.